The molecule has 0 fully saturated rings. The maximum absolute atomic E-state index is 10.6. The molecule has 0 saturated carbocycles. The van der Waals surface area contributed by atoms with Crippen molar-refractivity contribution in [1.29, 1.82) is 0 Å². The SMILES string of the molecule is CC(C)C(c1cc(O)c(C(C)(C)CC(C)(C)C)cc1O)C(C)C. The van der Waals surface area contributed by atoms with E-state index in [4.69, 9.17) is 0 Å². The van der Waals surface area contributed by atoms with E-state index < -0.39 is 0 Å². The van der Waals surface area contributed by atoms with Gasteiger partial charge in [-0.2, -0.15) is 0 Å². The Morgan fingerprint density at radius 1 is 0.826 bits per heavy atom. The highest BCUT2D eigenvalue weighted by Gasteiger charge is 2.32. The van der Waals surface area contributed by atoms with Crippen molar-refractivity contribution in [2.24, 2.45) is 17.3 Å². The number of aromatic hydroxyl groups is 2. The molecule has 0 unspecified atom stereocenters. The number of rotatable bonds is 5. The Balaban J connectivity index is 3.35. The average molecular weight is 321 g/mol. The second-order valence-corrected chi connectivity index (χ2v) is 9.56. The van der Waals surface area contributed by atoms with Gasteiger partial charge in [-0.1, -0.05) is 62.3 Å². The summed E-state index contributed by atoms with van der Waals surface area (Å²) in [5.74, 6) is 1.67. The van der Waals surface area contributed by atoms with Crippen LogP contribution in [0.25, 0.3) is 0 Å². The van der Waals surface area contributed by atoms with Crippen molar-refractivity contribution >= 4 is 0 Å². The van der Waals surface area contributed by atoms with E-state index in [0.717, 1.165) is 17.5 Å². The fourth-order valence-electron chi connectivity index (χ4n) is 4.31. The van der Waals surface area contributed by atoms with Crippen molar-refractivity contribution in [3.8, 4) is 11.5 Å². The van der Waals surface area contributed by atoms with E-state index in [9.17, 15) is 10.2 Å². The number of hydrogen-bond acceptors (Lipinski definition) is 2. The Kier molecular flexibility index (Phi) is 5.83. The second kappa shape index (κ2) is 6.75. The minimum absolute atomic E-state index is 0.155. The first-order valence-electron chi connectivity index (χ1n) is 8.82. The highest BCUT2D eigenvalue weighted by molar-refractivity contribution is 5.50. The summed E-state index contributed by atoms with van der Waals surface area (Å²) in [6, 6.07) is 3.58. The van der Waals surface area contributed by atoms with Crippen LogP contribution < -0.4 is 0 Å². The molecule has 23 heavy (non-hydrogen) atoms. The quantitative estimate of drug-likeness (QED) is 0.633. The van der Waals surface area contributed by atoms with Crippen molar-refractivity contribution in [1.82, 2.24) is 0 Å². The molecule has 0 heterocycles. The molecule has 0 aliphatic carbocycles. The lowest BCUT2D eigenvalue weighted by Gasteiger charge is -2.34. The molecule has 1 aromatic carbocycles. The zero-order chi connectivity index (χ0) is 18.2. The molecule has 132 valence electrons. The Morgan fingerprint density at radius 3 is 1.70 bits per heavy atom. The molecule has 2 N–H and O–H groups in total. The van der Waals surface area contributed by atoms with Crippen molar-refractivity contribution in [2.75, 3.05) is 0 Å². The third-order valence-corrected chi connectivity index (χ3v) is 4.64. The van der Waals surface area contributed by atoms with Gasteiger partial charge >= 0.3 is 0 Å². The summed E-state index contributed by atoms with van der Waals surface area (Å²) in [5.41, 5.74) is 1.66. The molecule has 0 aromatic heterocycles. The van der Waals surface area contributed by atoms with Crippen molar-refractivity contribution in [3.05, 3.63) is 23.3 Å². The van der Waals surface area contributed by atoms with Gasteiger partial charge < -0.3 is 10.2 Å². The summed E-state index contributed by atoms with van der Waals surface area (Å²) in [7, 11) is 0. The number of phenolic OH excluding ortho intramolecular Hbond substituents is 2. The van der Waals surface area contributed by atoms with Crippen LogP contribution in [0.4, 0.5) is 0 Å². The highest BCUT2D eigenvalue weighted by atomic mass is 16.3. The summed E-state index contributed by atoms with van der Waals surface area (Å²) >= 11 is 0. The van der Waals surface area contributed by atoms with Gasteiger partial charge in [-0.15, -0.1) is 0 Å². The zero-order valence-corrected chi connectivity index (χ0v) is 16.5. The monoisotopic (exact) mass is 320 g/mol. The van der Waals surface area contributed by atoms with Crippen LogP contribution in [0.5, 0.6) is 11.5 Å². The number of hydrogen-bond donors (Lipinski definition) is 2. The standard InChI is InChI=1S/C21H36O2/c1-13(2)19(14(3)4)15-10-18(23)16(11-17(15)22)21(8,9)12-20(5,6)7/h10-11,13-14,19,22-23H,12H2,1-9H3. The van der Waals surface area contributed by atoms with Crippen LogP contribution in [-0.2, 0) is 5.41 Å². The van der Waals surface area contributed by atoms with E-state index in [-0.39, 0.29) is 16.7 Å². The predicted octanol–water partition coefficient (Wildman–Crippen LogP) is 6.21. The van der Waals surface area contributed by atoms with Gasteiger partial charge in [0, 0.05) is 11.1 Å². The summed E-state index contributed by atoms with van der Waals surface area (Å²) in [5, 5.41) is 21.3. The lowest BCUT2D eigenvalue weighted by atomic mass is 9.71. The fraction of sp³-hybridized carbons (Fsp3) is 0.714. The Labute approximate surface area is 142 Å². The van der Waals surface area contributed by atoms with Gasteiger partial charge in [0.15, 0.2) is 0 Å². The first-order chi connectivity index (χ1) is 10.3. The predicted molar refractivity (Wildman–Crippen MR) is 99.3 cm³/mol. The van der Waals surface area contributed by atoms with E-state index >= 15 is 0 Å². The molecule has 2 nitrogen and oxygen atoms in total. The highest BCUT2D eigenvalue weighted by Crippen LogP contribution is 2.45. The molecule has 0 atom stereocenters. The smallest absolute Gasteiger partial charge is 0.119 e. The molecule has 1 aromatic rings. The fourth-order valence-corrected chi connectivity index (χ4v) is 4.31. The first kappa shape index (κ1) is 19.9. The molecule has 0 saturated heterocycles. The molecule has 2 heteroatoms. The van der Waals surface area contributed by atoms with Crippen LogP contribution in [0.2, 0.25) is 0 Å². The van der Waals surface area contributed by atoms with E-state index in [1.54, 1.807) is 12.1 Å². The molecular formula is C21H36O2. The second-order valence-electron chi connectivity index (χ2n) is 9.56. The third-order valence-electron chi connectivity index (χ3n) is 4.64. The van der Waals surface area contributed by atoms with Crippen LogP contribution in [0, 0.1) is 17.3 Å². The van der Waals surface area contributed by atoms with Crippen molar-refractivity contribution < 1.29 is 10.2 Å². The Bertz CT molecular complexity index is 526. The van der Waals surface area contributed by atoms with Crippen molar-refractivity contribution in [2.45, 2.75) is 80.1 Å². The van der Waals surface area contributed by atoms with Crippen LogP contribution in [0.15, 0.2) is 12.1 Å². The van der Waals surface area contributed by atoms with Gasteiger partial charge in [-0.3, -0.25) is 0 Å². The lowest BCUT2D eigenvalue weighted by molar-refractivity contribution is 0.277. The summed E-state index contributed by atoms with van der Waals surface area (Å²) in [6.07, 6.45) is 0.935. The van der Waals surface area contributed by atoms with Crippen LogP contribution in [0.3, 0.4) is 0 Å². The van der Waals surface area contributed by atoms with Gasteiger partial charge in [-0.25, -0.2) is 0 Å². The van der Waals surface area contributed by atoms with Crippen LogP contribution >= 0.6 is 0 Å². The molecule has 0 aliphatic heterocycles. The first-order valence-corrected chi connectivity index (χ1v) is 8.82. The Morgan fingerprint density at radius 2 is 1.30 bits per heavy atom. The number of benzene rings is 1. The molecule has 1 rings (SSSR count). The topological polar surface area (TPSA) is 40.5 Å². The zero-order valence-electron chi connectivity index (χ0n) is 16.5. The van der Waals surface area contributed by atoms with Crippen LogP contribution in [-0.4, -0.2) is 10.2 Å². The molecule has 0 spiro atoms. The summed E-state index contributed by atoms with van der Waals surface area (Å²) < 4.78 is 0. The minimum atomic E-state index is -0.191. The maximum Gasteiger partial charge on any atom is 0.119 e. The van der Waals surface area contributed by atoms with Gasteiger partial charge in [0.25, 0.3) is 0 Å². The largest absolute Gasteiger partial charge is 0.508 e. The van der Waals surface area contributed by atoms with E-state index in [0.29, 0.717) is 23.3 Å². The van der Waals surface area contributed by atoms with E-state index in [1.165, 1.54) is 0 Å². The maximum atomic E-state index is 10.6. The van der Waals surface area contributed by atoms with E-state index in [1.807, 2.05) is 0 Å². The molecular weight excluding hydrogens is 284 g/mol. The Hall–Kier alpha value is -1.18. The lowest BCUT2D eigenvalue weighted by Crippen LogP contribution is -2.25. The molecule has 0 radical (unpaired) electrons. The van der Waals surface area contributed by atoms with Gasteiger partial charge in [0.1, 0.15) is 11.5 Å². The summed E-state index contributed by atoms with van der Waals surface area (Å²) in [6.45, 7) is 19.5. The van der Waals surface area contributed by atoms with Gasteiger partial charge in [0.2, 0.25) is 0 Å². The number of phenols is 2. The third kappa shape index (κ3) is 4.89. The van der Waals surface area contributed by atoms with E-state index in [2.05, 4.69) is 62.3 Å². The van der Waals surface area contributed by atoms with Gasteiger partial charge in [-0.05, 0) is 47.1 Å². The average Bonchev–Trinajstić information content (AvgIpc) is 2.28. The molecule has 0 aliphatic rings. The van der Waals surface area contributed by atoms with Crippen molar-refractivity contribution in [3.63, 3.8) is 0 Å². The van der Waals surface area contributed by atoms with Gasteiger partial charge in [0.05, 0.1) is 0 Å². The normalized spacial score (nSPS) is 13.4. The van der Waals surface area contributed by atoms with Crippen LogP contribution in [0.1, 0.15) is 85.8 Å². The molecule has 0 bridgehead atoms. The minimum Gasteiger partial charge on any atom is -0.508 e. The summed E-state index contributed by atoms with van der Waals surface area (Å²) in [4.78, 5) is 0. The molecule has 0 amide bonds.